The Labute approximate surface area is 260 Å². The fraction of sp³-hybridized carbons (Fsp3) is 0.735. The lowest BCUT2D eigenvalue weighted by Crippen LogP contribution is -2.18. The van der Waals surface area contributed by atoms with E-state index in [1.165, 1.54) is 77.0 Å². The van der Waals surface area contributed by atoms with Crippen LogP contribution in [0.4, 0.5) is 5.69 Å². The van der Waals surface area contributed by atoms with Gasteiger partial charge in [0.1, 0.15) is 5.75 Å². The summed E-state index contributed by atoms with van der Waals surface area (Å²) in [6.07, 6.45) is 15.5. The van der Waals surface area contributed by atoms with Gasteiger partial charge in [0.05, 0.1) is 6.54 Å². The first-order chi connectivity index (χ1) is 19.5. The zero-order valence-corrected chi connectivity index (χ0v) is 29.0. The van der Waals surface area contributed by atoms with Gasteiger partial charge in [-0.3, -0.25) is 0 Å². The number of nitrogens with zero attached hydrogens (tertiary/aromatic N) is 3. The number of phenols is 1. The Kier molecular flexibility index (Phi) is 15.9. The molecule has 2 aromatic rings. The van der Waals surface area contributed by atoms with Gasteiger partial charge in [-0.25, -0.2) is 9.97 Å². The van der Waals surface area contributed by atoms with E-state index in [0.717, 1.165) is 44.5 Å². The second-order valence-electron chi connectivity index (χ2n) is 13.3. The van der Waals surface area contributed by atoms with E-state index in [9.17, 15) is 5.11 Å². The third-order valence-electron chi connectivity index (χ3n) is 7.28. The highest BCUT2D eigenvalue weighted by atomic mass is 32.2. The number of benzene rings is 1. The fourth-order valence-electron chi connectivity index (χ4n) is 4.74. The number of unbranched alkanes of at least 4 members (excludes halogenated alkanes) is 10. The molecule has 5 nitrogen and oxygen atoms in total. The highest BCUT2D eigenvalue weighted by Crippen LogP contribution is 2.41. The fourth-order valence-corrected chi connectivity index (χ4v) is 6.50. The number of aromatic hydroxyl groups is 1. The Balaban J connectivity index is 2.14. The number of thioether (sulfide) groups is 2. The highest BCUT2D eigenvalue weighted by molar-refractivity contribution is 7.99. The summed E-state index contributed by atoms with van der Waals surface area (Å²) in [6, 6.07) is 4.16. The third-order valence-corrected chi connectivity index (χ3v) is 9.14. The number of rotatable bonds is 19. The van der Waals surface area contributed by atoms with Gasteiger partial charge in [-0.15, -0.1) is 0 Å². The van der Waals surface area contributed by atoms with Crippen molar-refractivity contribution in [2.45, 2.75) is 160 Å². The molecule has 0 bridgehead atoms. The molecular formula is C34H58N4OS2. The molecule has 232 valence electrons. The lowest BCUT2D eigenvalue weighted by molar-refractivity contribution is 0.423. The SMILES string of the molecule is CCCCCCCCSc1nc(CNc2cc(C(C)(C)C)c(O)c(C(C)(C)C)c2)nc(SCCCCCCCC)n1. The summed E-state index contributed by atoms with van der Waals surface area (Å²) in [4.78, 5) is 14.5. The quantitative estimate of drug-likeness (QED) is 0.0941. The molecule has 0 aliphatic carbocycles. The first-order valence-electron chi connectivity index (χ1n) is 16.1. The molecule has 0 saturated carbocycles. The van der Waals surface area contributed by atoms with Gasteiger partial charge >= 0.3 is 0 Å². The molecule has 0 atom stereocenters. The Bertz CT molecular complexity index is 959. The number of phenolic OH excluding ortho intramolecular Hbond substituents is 1. The standard InChI is InChI=1S/C34H58N4OS2/c1-9-11-13-15-17-19-21-40-31-36-29(37-32(38-31)41-22-20-18-16-14-12-10-2)25-35-26-23-27(33(3,4)5)30(39)28(24-26)34(6,7)8/h23-24,35,39H,9-22,25H2,1-8H3. The summed E-state index contributed by atoms with van der Waals surface area (Å²) in [6.45, 7) is 17.9. The number of hydrogen-bond acceptors (Lipinski definition) is 7. The van der Waals surface area contributed by atoms with Crippen LogP contribution in [0.1, 0.15) is 149 Å². The molecular weight excluding hydrogens is 545 g/mol. The summed E-state index contributed by atoms with van der Waals surface area (Å²) in [7, 11) is 0. The average molecular weight is 603 g/mol. The third kappa shape index (κ3) is 13.6. The predicted molar refractivity (Wildman–Crippen MR) is 181 cm³/mol. The van der Waals surface area contributed by atoms with Gasteiger partial charge in [0, 0.05) is 28.3 Å². The largest absolute Gasteiger partial charge is 0.507 e. The van der Waals surface area contributed by atoms with Crippen molar-refractivity contribution in [1.29, 1.82) is 0 Å². The van der Waals surface area contributed by atoms with Crippen molar-refractivity contribution in [3.05, 3.63) is 29.1 Å². The summed E-state index contributed by atoms with van der Waals surface area (Å²) in [5.74, 6) is 3.27. The van der Waals surface area contributed by atoms with Crippen LogP contribution in [-0.4, -0.2) is 31.6 Å². The maximum atomic E-state index is 11.1. The van der Waals surface area contributed by atoms with Crippen LogP contribution in [0.5, 0.6) is 5.75 Å². The molecule has 0 spiro atoms. The van der Waals surface area contributed by atoms with Crippen LogP contribution in [-0.2, 0) is 17.4 Å². The molecule has 1 aromatic carbocycles. The Morgan fingerprint density at radius 3 is 1.46 bits per heavy atom. The molecule has 1 aromatic heterocycles. The van der Waals surface area contributed by atoms with Gasteiger partial charge in [-0.2, -0.15) is 4.98 Å². The molecule has 7 heteroatoms. The minimum absolute atomic E-state index is 0.171. The van der Waals surface area contributed by atoms with Crippen molar-refractivity contribution in [2.24, 2.45) is 0 Å². The number of nitrogens with one attached hydrogen (secondary N) is 1. The summed E-state index contributed by atoms with van der Waals surface area (Å²) in [5.41, 5.74) is 2.55. The van der Waals surface area contributed by atoms with Crippen molar-refractivity contribution in [3.63, 3.8) is 0 Å². The minimum Gasteiger partial charge on any atom is -0.507 e. The van der Waals surface area contributed by atoms with E-state index in [4.69, 9.17) is 15.0 Å². The summed E-state index contributed by atoms with van der Waals surface area (Å²) < 4.78 is 0. The van der Waals surface area contributed by atoms with E-state index in [-0.39, 0.29) is 10.8 Å². The molecule has 0 aliphatic rings. The van der Waals surface area contributed by atoms with E-state index in [1.54, 1.807) is 23.5 Å². The van der Waals surface area contributed by atoms with Crippen molar-refractivity contribution < 1.29 is 5.11 Å². The molecule has 0 amide bonds. The molecule has 0 radical (unpaired) electrons. The van der Waals surface area contributed by atoms with Gasteiger partial charge in [-0.05, 0) is 35.8 Å². The molecule has 2 N–H and O–H groups in total. The van der Waals surface area contributed by atoms with E-state index in [2.05, 4.69) is 72.8 Å². The van der Waals surface area contributed by atoms with Crippen molar-refractivity contribution in [1.82, 2.24) is 15.0 Å². The Hall–Kier alpha value is -1.47. The topological polar surface area (TPSA) is 70.9 Å². The molecule has 2 rings (SSSR count). The van der Waals surface area contributed by atoms with Crippen LogP contribution in [0.3, 0.4) is 0 Å². The second-order valence-corrected chi connectivity index (χ2v) is 15.4. The Morgan fingerprint density at radius 1 is 0.634 bits per heavy atom. The lowest BCUT2D eigenvalue weighted by Gasteiger charge is -2.28. The highest BCUT2D eigenvalue weighted by Gasteiger charge is 2.26. The Morgan fingerprint density at radius 2 is 1.05 bits per heavy atom. The van der Waals surface area contributed by atoms with E-state index in [0.29, 0.717) is 12.3 Å². The van der Waals surface area contributed by atoms with Gasteiger partial charge in [0.25, 0.3) is 0 Å². The maximum Gasteiger partial charge on any atom is 0.191 e. The number of aromatic nitrogens is 3. The zero-order valence-electron chi connectivity index (χ0n) is 27.4. The van der Waals surface area contributed by atoms with Gasteiger partial charge in [-0.1, -0.05) is 143 Å². The molecule has 41 heavy (non-hydrogen) atoms. The van der Waals surface area contributed by atoms with E-state index < -0.39 is 0 Å². The maximum absolute atomic E-state index is 11.1. The van der Waals surface area contributed by atoms with Crippen LogP contribution in [0.2, 0.25) is 0 Å². The smallest absolute Gasteiger partial charge is 0.191 e. The normalized spacial score (nSPS) is 12.2. The monoisotopic (exact) mass is 602 g/mol. The first-order valence-corrected chi connectivity index (χ1v) is 18.0. The van der Waals surface area contributed by atoms with Crippen LogP contribution < -0.4 is 5.32 Å². The molecule has 1 heterocycles. The molecule has 0 aliphatic heterocycles. The van der Waals surface area contributed by atoms with Crippen molar-refractivity contribution >= 4 is 29.2 Å². The molecule has 0 saturated heterocycles. The molecule has 0 unspecified atom stereocenters. The van der Waals surface area contributed by atoms with E-state index >= 15 is 0 Å². The van der Waals surface area contributed by atoms with E-state index in [1.807, 2.05) is 0 Å². The second kappa shape index (κ2) is 18.3. The van der Waals surface area contributed by atoms with Crippen LogP contribution in [0, 0.1) is 0 Å². The van der Waals surface area contributed by atoms with Gasteiger partial charge in [0.2, 0.25) is 0 Å². The predicted octanol–water partition coefficient (Wildman–Crippen LogP) is 10.7. The summed E-state index contributed by atoms with van der Waals surface area (Å²) in [5, 5.41) is 16.4. The first kappa shape index (κ1) is 35.7. The lowest BCUT2D eigenvalue weighted by atomic mass is 9.79. The summed E-state index contributed by atoms with van der Waals surface area (Å²) >= 11 is 3.53. The van der Waals surface area contributed by atoms with Crippen molar-refractivity contribution in [3.8, 4) is 5.75 Å². The number of anilines is 1. The van der Waals surface area contributed by atoms with Crippen molar-refractivity contribution in [2.75, 3.05) is 16.8 Å². The number of hydrogen-bond donors (Lipinski definition) is 2. The molecule has 0 fully saturated rings. The average Bonchev–Trinajstić information content (AvgIpc) is 2.90. The zero-order chi connectivity index (χ0) is 30.3. The van der Waals surface area contributed by atoms with Crippen LogP contribution >= 0.6 is 23.5 Å². The van der Waals surface area contributed by atoms with Gasteiger partial charge in [0.15, 0.2) is 16.1 Å². The minimum atomic E-state index is -0.171. The van der Waals surface area contributed by atoms with Crippen LogP contribution in [0.15, 0.2) is 22.4 Å². The van der Waals surface area contributed by atoms with Crippen LogP contribution in [0.25, 0.3) is 0 Å². The van der Waals surface area contributed by atoms with Gasteiger partial charge < -0.3 is 10.4 Å².